The predicted molar refractivity (Wildman–Crippen MR) is 136 cm³/mol. The molecule has 0 N–H and O–H groups in total. The molecule has 0 amide bonds. The van der Waals surface area contributed by atoms with E-state index in [0.717, 1.165) is 11.1 Å². The summed E-state index contributed by atoms with van der Waals surface area (Å²) in [5.41, 5.74) is 2.93. The minimum Gasteiger partial charge on any atom is -0.476 e. The van der Waals surface area contributed by atoms with Gasteiger partial charge in [-0.2, -0.15) is 9.97 Å². The van der Waals surface area contributed by atoms with Gasteiger partial charge in [-0.15, -0.1) is 0 Å². The maximum absolute atomic E-state index is 10.9. The van der Waals surface area contributed by atoms with Gasteiger partial charge >= 0.3 is 0 Å². The molecule has 0 atom stereocenters. The monoisotopic (exact) mass is 504 g/mol. The topological polar surface area (TPSA) is 155 Å². The first-order chi connectivity index (χ1) is 17.8. The molecule has 0 spiro atoms. The second kappa shape index (κ2) is 11.2. The van der Waals surface area contributed by atoms with Crippen molar-refractivity contribution in [2.75, 3.05) is 20.7 Å². The third-order valence-corrected chi connectivity index (χ3v) is 5.39. The Bertz CT molecular complexity index is 1430. The van der Waals surface area contributed by atoms with E-state index < -0.39 is 9.85 Å². The van der Waals surface area contributed by atoms with E-state index in [0.29, 0.717) is 30.6 Å². The molecule has 0 aliphatic rings. The van der Waals surface area contributed by atoms with Crippen molar-refractivity contribution < 1.29 is 14.6 Å². The zero-order valence-corrected chi connectivity index (χ0v) is 20.2. The van der Waals surface area contributed by atoms with Crippen LogP contribution in [0.3, 0.4) is 0 Å². The highest BCUT2D eigenvalue weighted by Gasteiger charge is 2.15. The molecule has 2 aromatic carbocycles. The summed E-state index contributed by atoms with van der Waals surface area (Å²) >= 11 is 0. The van der Waals surface area contributed by atoms with Gasteiger partial charge in [0, 0.05) is 51.3 Å². The van der Waals surface area contributed by atoms with E-state index in [2.05, 4.69) is 19.9 Å². The highest BCUT2D eigenvalue weighted by atomic mass is 16.6. The van der Waals surface area contributed by atoms with Gasteiger partial charge in [0.25, 0.3) is 17.3 Å². The van der Waals surface area contributed by atoms with E-state index in [1.54, 1.807) is 41.8 Å². The molecular weight excluding hydrogens is 480 g/mol. The number of nitro benzene ring substituents is 2. The first kappa shape index (κ1) is 25.2. The van der Waals surface area contributed by atoms with Gasteiger partial charge in [-0.1, -0.05) is 24.3 Å². The van der Waals surface area contributed by atoms with Gasteiger partial charge in [-0.05, 0) is 17.5 Å². The number of aryl methyl sites for hydroxylation is 2. The highest BCUT2D eigenvalue weighted by Crippen LogP contribution is 2.25. The Hall–Kier alpha value is -4.94. The van der Waals surface area contributed by atoms with Gasteiger partial charge in [-0.3, -0.25) is 20.2 Å². The molecular formula is C24H24N8O5. The summed E-state index contributed by atoms with van der Waals surface area (Å²) in [6.45, 7) is 0.806. The van der Waals surface area contributed by atoms with E-state index in [9.17, 15) is 20.2 Å². The van der Waals surface area contributed by atoms with Crippen molar-refractivity contribution in [2.24, 2.45) is 4.99 Å². The zero-order chi connectivity index (χ0) is 26.4. The summed E-state index contributed by atoms with van der Waals surface area (Å²) in [5.74, 6) is 0.496. The molecule has 0 bridgehead atoms. The van der Waals surface area contributed by atoms with E-state index in [1.807, 2.05) is 18.7 Å². The summed E-state index contributed by atoms with van der Waals surface area (Å²) in [7, 11) is 3.66. The number of aliphatic imine (C=N–C) groups is 1. The summed E-state index contributed by atoms with van der Waals surface area (Å²) < 4.78 is 7.81. The fourth-order valence-corrected chi connectivity index (χ4v) is 3.48. The Morgan fingerprint density at radius 2 is 1.54 bits per heavy atom. The lowest BCUT2D eigenvalue weighted by molar-refractivity contribution is -0.385. The van der Waals surface area contributed by atoms with Crippen molar-refractivity contribution in [3.8, 4) is 5.88 Å². The molecule has 4 rings (SSSR count). The molecule has 0 aliphatic carbocycles. The van der Waals surface area contributed by atoms with E-state index in [1.165, 1.54) is 24.3 Å². The number of nitrogens with zero attached hydrogens (tertiary/aromatic N) is 8. The third kappa shape index (κ3) is 6.39. The van der Waals surface area contributed by atoms with Crippen molar-refractivity contribution in [3.63, 3.8) is 0 Å². The number of benzene rings is 2. The van der Waals surface area contributed by atoms with E-state index in [4.69, 9.17) is 4.74 Å². The highest BCUT2D eigenvalue weighted by molar-refractivity contribution is 5.78. The lowest BCUT2D eigenvalue weighted by Crippen LogP contribution is -2.08. The molecule has 0 fully saturated rings. The van der Waals surface area contributed by atoms with Crippen LogP contribution in [0.25, 0.3) is 11.2 Å². The maximum Gasteiger partial charge on any atom is 0.269 e. The average Bonchev–Trinajstić information content (AvgIpc) is 3.30. The second-order valence-corrected chi connectivity index (χ2v) is 8.34. The SMILES string of the molecule is CN(C)/C=N/c1nc(OCCc2ccc([N+](=O)[O-])cc2)c2ncn(CCc3ccc([N+](=O)[O-])cc3)c2n1. The molecule has 0 aliphatic heterocycles. The molecule has 190 valence electrons. The molecule has 4 aromatic rings. The van der Waals surface area contributed by atoms with E-state index in [-0.39, 0.29) is 29.8 Å². The quantitative estimate of drug-likeness (QED) is 0.129. The van der Waals surface area contributed by atoms with Gasteiger partial charge in [0.15, 0.2) is 11.2 Å². The van der Waals surface area contributed by atoms with Crippen molar-refractivity contribution in [1.82, 2.24) is 24.4 Å². The van der Waals surface area contributed by atoms with Crippen LogP contribution in [0, 0.1) is 20.2 Å². The minimum atomic E-state index is -0.439. The Balaban J connectivity index is 1.53. The van der Waals surface area contributed by atoms with Crippen LogP contribution in [0.2, 0.25) is 0 Å². The molecule has 2 aromatic heterocycles. The number of imidazole rings is 1. The van der Waals surface area contributed by atoms with Crippen LogP contribution in [0.5, 0.6) is 5.88 Å². The maximum atomic E-state index is 10.9. The number of nitro groups is 2. The standard InChI is InChI=1S/C24H24N8O5/c1-29(2)15-26-24-27-22-21(23(28-24)37-14-12-18-5-9-20(10-6-18)32(35)36)25-16-30(22)13-11-17-3-7-19(8-4-17)31(33)34/h3-10,15-16H,11-14H2,1-2H3/b26-15+. The van der Waals surface area contributed by atoms with Crippen LogP contribution in [0.1, 0.15) is 11.1 Å². The van der Waals surface area contributed by atoms with Crippen molar-refractivity contribution in [3.05, 3.63) is 86.2 Å². The lowest BCUT2D eigenvalue weighted by Gasteiger charge is -2.09. The van der Waals surface area contributed by atoms with Crippen LogP contribution in [-0.4, -0.2) is 61.3 Å². The summed E-state index contributed by atoms with van der Waals surface area (Å²) in [5, 5.41) is 21.7. The molecule has 0 radical (unpaired) electrons. The Labute approximate surface area is 211 Å². The largest absolute Gasteiger partial charge is 0.476 e. The normalized spacial score (nSPS) is 11.2. The first-order valence-corrected chi connectivity index (χ1v) is 11.3. The second-order valence-electron chi connectivity index (χ2n) is 8.34. The summed E-state index contributed by atoms with van der Waals surface area (Å²) in [6, 6.07) is 12.7. The predicted octanol–water partition coefficient (Wildman–Crippen LogP) is 3.73. The molecule has 13 nitrogen and oxygen atoms in total. The van der Waals surface area contributed by atoms with Gasteiger partial charge in [-0.25, -0.2) is 9.98 Å². The summed E-state index contributed by atoms with van der Waals surface area (Å²) in [6.07, 6.45) is 4.35. The Morgan fingerprint density at radius 3 is 2.11 bits per heavy atom. The van der Waals surface area contributed by atoms with Crippen molar-refractivity contribution in [2.45, 2.75) is 19.4 Å². The minimum absolute atomic E-state index is 0.0323. The van der Waals surface area contributed by atoms with Crippen LogP contribution >= 0.6 is 0 Å². The van der Waals surface area contributed by atoms with Gasteiger partial charge in [0.2, 0.25) is 5.88 Å². The molecule has 0 unspecified atom stereocenters. The number of ether oxygens (including phenoxy) is 1. The average molecular weight is 505 g/mol. The van der Waals surface area contributed by atoms with Gasteiger partial charge in [0.05, 0.1) is 29.1 Å². The lowest BCUT2D eigenvalue weighted by atomic mass is 10.1. The number of rotatable bonds is 11. The first-order valence-electron chi connectivity index (χ1n) is 11.3. The van der Waals surface area contributed by atoms with Crippen LogP contribution in [-0.2, 0) is 19.4 Å². The number of fused-ring (bicyclic) bond motifs is 1. The van der Waals surface area contributed by atoms with Crippen LogP contribution in [0.4, 0.5) is 17.3 Å². The fraction of sp³-hybridized carbons (Fsp3) is 0.250. The smallest absolute Gasteiger partial charge is 0.269 e. The number of hydrogen-bond acceptors (Lipinski definition) is 9. The van der Waals surface area contributed by atoms with Gasteiger partial charge < -0.3 is 14.2 Å². The Morgan fingerprint density at radius 1 is 0.946 bits per heavy atom. The third-order valence-electron chi connectivity index (χ3n) is 5.39. The number of non-ortho nitro benzene ring substituents is 2. The molecule has 13 heteroatoms. The van der Waals surface area contributed by atoms with Crippen molar-refractivity contribution >= 4 is 34.8 Å². The molecule has 0 saturated carbocycles. The molecule has 0 saturated heterocycles. The summed E-state index contributed by atoms with van der Waals surface area (Å²) in [4.78, 5) is 40.3. The number of hydrogen-bond donors (Lipinski definition) is 0. The van der Waals surface area contributed by atoms with E-state index >= 15 is 0 Å². The number of aromatic nitrogens is 4. The van der Waals surface area contributed by atoms with Crippen LogP contribution in [0.15, 0.2) is 59.9 Å². The van der Waals surface area contributed by atoms with Crippen LogP contribution < -0.4 is 4.74 Å². The fourth-order valence-electron chi connectivity index (χ4n) is 3.48. The molecule has 2 heterocycles. The van der Waals surface area contributed by atoms with Gasteiger partial charge in [0.1, 0.15) is 0 Å². The molecule has 37 heavy (non-hydrogen) atoms. The Kier molecular flexibility index (Phi) is 7.62. The van der Waals surface area contributed by atoms with Crippen molar-refractivity contribution in [1.29, 1.82) is 0 Å². The zero-order valence-electron chi connectivity index (χ0n) is 20.2.